The summed E-state index contributed by atoms with van der Waals surface area (Å²) in [7, 11) is 0. The Bertz CT molecular complexity index is 1280. The van der Waals surface area contributed by atoms with Crippen molar-refractivity contribution in [1.82, 2.24) is 19.9 Å². The van der Waals surface area contributed by atoms with E-state index in [9.17, 15) is 14.4 Å². The largest absolute Gasteiger partial charge is 0.354 e. The summed E-state index contributed by atoms with van der Waals surface area (Å²) < 4.78 is 1.71. The van der Waals surface area contributed by atoms with E-state index in [0.717, 1.165) is 30.5 Å². The summed E-state index contributed by atoms with van der Waals surface area (Å²) >= 11 is 1.26. The van der Waals surface area contributed by atoms with Crippen molar-refractivity contribution in [3.8, 4) is 0 Å². The maximum Gasteiger partial charge on any atom is 0.273 e. The Labute approximate surface area is 202 Å². The Hall–Kier alpha value is -3.27. The van der Waals surface area contributed by atoms with Crippen LogP contribution in [0.2, 0.25) is 0 Å². The highest BCUT2D eigenvalue weighted by atomic mass is 32.1. The van der Waals surface area contributed by atoms with E-state index < -0.39 is 0 Å². The summed E-state index contributed by atoms with van der Waals surface area (Å²) in [5, 5.41) is 6.50. The topological polar surface area (TPSA) is 109 Å². The average molecular weight is 483 g/mol. The summed E-state index contributed by atoms with van der Waals surface area (Å²) in [6, 6.07) is 5.79. The molecule has 2 amide bonds. The molecule has 0 saturated carbocycles. The summed E-state index contributed by atoms with van der Waals surface area (Å²) in [5.41, 5.74) is 2.98. The van der Waals surface area contributed by atoms with E-state index >= 15 is 0 Å². The summed E-state index contributed by atoms with van der Waals surface area (Å²) in [4.78, 5) is 49.0. The molecule has 2 aromatic heterocycles. The highest BCUT2D eigenvalue weighted by molar-refractivity contribution is 7.22. The highest BCUT2D eigenvalue weighted by Crippen LogP contribution is 2.29. The zero-order valence-corrected chi connectivity index (χ0v) is 20.7. The number of fused-ring (bicyclic) bond motifs is 1. The first-order valence-electron chi connectivity index (χ1n) is 11.5. The molecule has 2 N–H and O–H groups in total. The Balaban J connectivity index is 1.49. The Morgan fingerprint density at radius 1 is 1.24 bits per heavy atom. The maximum atomic E-state index is 13.0. The molecule has 1 atom stereocenters. The molecule has 1 unspecified atom stereocenters. The second kappa shape index (κ2) is 9.92. The number of anilines is 2. The number of nitrogens with zero attached hydrogens (tertiary/aromatic N) is 4. The zero-order chi connectivity index (χ0) is 24.4. The van der Waals surface area contributed by atoms with Crippen molar-refractivity contribution in [1.29, 1.82) is 0 Å². The van der Waals surface area contributed by atoms with Crippen LogP contribution in [0, 0.1) is 19.8 Å². The molecule has 1 aliphatic rings. The van der Waals surface area contributed by atoms with Crippen LogP contribution in [-0.4, -0.2) is 45.5 Å². The van der Waals surface area contributed by atoms with Gasteiger partial charge in [-0.3, -0.25) is 19.0 Å². The van der Waals surface area contributed by atoms with Gasteiger partial charge in [-0.2, -0.15) is 4.98 Å². The number of carbonyl (C=O) groups excluding carboxylic acids is 2. The molecule has 3 aromatic rings. The van der Waals surface area contributed by atoms with Gasteiger partial charge in [0, 0.05) is 24.8 Å². The van der Waals surface area contributed by atoms with Crippen molar-refractivity contribution in [3.63, 3.8) is 0 Å². The number of hydrogen-bond donors (Lipinski definition) is 2. The summed E-state index contributed by atoms with van der Waals surface area (Å²) in [6.07, 6.45) is 3.08. The van der Waals surface area contributed by atoms with Gasteiger partial charge in [0.2, 0.25) is 11.8 Å². The molecule has 34 heavy (non-hydrogen) atoms. The smallest absolute Gasteiger partial charge is 0.273 e. The number of aryl methyl sites for hydroxylation is 2. The molecule has 0 radical (unpaired) electrons. The minimum Gasteiger partial charge on any atom is -0.354 e. The van der Waals surface area contributed by atoms with E-state index in [1.165, 1.54) is 22.2 Å². The van der Waals surface area contributed by atoms with Crippen molar-refractivity contribution >= 4 is 44.3 Å². The van der Waals surface area contributed by atoms with E-state index in [2.05, 4.69) is 25.5 Å². The second-order valence-electron chi connectivity index (χ2n) is 9.12. The van der Waals surface area contributed by atoms with E-state index in [-0.39, 0.29) is 35.9 Å². The van der Waals surface area contributed by atoms with Crippen LogP contribution in [0.25, 0.3) is 10.3 Å². The molecular formula is C24H30N6O3S. The number of rotatable bonds is 6. The lowest BCUT2D eigenvalue weighted by Crippen LogP contribution is -2.44. The fourth-order valence-electron chi connectivity index (χ4n) is 4.02. The van der Waals surface area contributed by atoms with Crippen LogP contribution in [0.4, 0.5) is 10.8 Å². The summed E-state index contributed by atoms with van der Waals surface area (Å²) in [5.74, 6) is -0.357. The van der Waals surface area contributed by atoms with Crippen molar-refractivity contribution < 1.29 is 9.59 Å². The van der Waals surface area contributed by atoms with Crippen LogP contribution in [0.5, 0.6) is 0 Å². The third kappa shape index (κ3) is 5.27. The molecule has 1 fully saturated rings. The van der Waals surface area contributed by atoms with Crippen molar-refractivity contribution in [2.24, 2.45) is 5.92 Å². The van der Waals surface area contributed by atoms with Crippen molar-refractivity contribution in [2.45, 2.75) is 53.1 Å². The van der Waals surface area contributed by atoms with Gasteiger partial charge in [0.15, 0.2) is 10.8 Å². The molecule has 1 aromatic carbocycles. The molecule has 0 aliphatic carbocycles. The van der Waals surface area contributed by atoms with Gasteiger partial charge in [0.25, 0.3) is 5.56 Å². The normalized spacial score (nSPS) is 16.1. The van der Waals surface area contributed by atoms with Crippen molar-refractivity contribution in [2.75, 3.05) is 23.3 Å². The Morgan fingerprint density at radius 2 is 2.03 bits per heavy atom. The number of thiazole rings is 1. The van der Waals surface area contributed by atoms with Crippen LogP contribution in [0.3, 0.4) is 0 Å². The number of carbonyl (C=O) groups is 2. The molecule has 10 heteroatoms. The monoisotopic (exact) mass is 482 g/mol. The van der Waals surface area contributed by atoms with Crippen LogP contribution in [-0.2, 0) is 16.1 Å². The minimum atomic E-state index is -0.300. The van der Waals surface area contributed by atoms with Gasteiger partial charge in [0.1, 0.15) is 17.6 Å². The Kier molecular flexibility index (Phi) is 6.97. The number of aromatic nitrogens is 3. The molecule has 4 rings (SSSR count). The van der Waals surface area contributed by atoms with Gasteiger partial charge < -0.3 is 15.5 Å². The number of nitrogens with one attached hydrogen (secondary N) is 2. The average Bonchev–Trinajstić information content (AvgIpc) is 3.23. The molecule has 1 aliphatic heterocycles. The highest BCUT2D eigenvalue weighted by Gasteiger charge is 2.28. The van der Waals surface area contributed by atoms with Gasteiger partial charge >= 0.3 is 0 Å². The van der Waals surface area contributed by atoms with Gasteiger partial charge in [0.05, 0.1) is 5.92 Å². The minimum absolute atomic E-state index is 0.0519. The molecule has 0 spiro atoms. The van der Waals surface area contributed by atoms with Crippen molar-refractivity contribution in [3.05, 3.63) is 46.0 Å². The quantitative estimate of drug-likeness (QED) is 0.559. The lowest BCUT2D eigenvalue weighted by atomic mass is 9.97. The van der Waals surface area contributed by atoms with Gasteiger partial charge in [-0.1, -0.05) is 17.4 Å². The Morgan fingerprint density at radius 3 is 2.76 bits per heavy atom. The predicted octanol–water partition coefficient (Wildman–Crippen LogP) is 2.85. The van der Waals surface area contributed by atoms with E-state index in [1.54, 1.807) is 0 Å². The van der Waals surface area contributed by atoms with Crippen LogP contribution >= 0.6 is 11.3 Å². The maximum absolute atomic E-state index is 13.0. The van der Waals surface area contributed by atoms with Gasteiger partial charge in [-0.05, 0) is 63.8 Å². The lowest BCUT2D eigenvalue weighted by Gasteiger charge is -2.32. The molecule has 1 saturated heterocycles. The number of benzene rings is 1. The first-order chi connectivity index (χ1) is 16.2. The van der Waals surface area contributed by atoms with Gasteiger partial charge in [-0.15, -0.1) is 0 Å². The molecule has 3 heterocycles. The zero-order valence-electron chi connectivity index (χ0n) is 19.9. The molecule has 9 nitrogen and oxygen atoms in total. The molecule has 180 valence electrons. The fourth-order valence-corrected chi connectivity index (χ4v) is 5.03. The third-order valence-corrected chi connectivity index (χ3v) is 7.06. The van der Waals surface area contributed by atoms with E-state index in [4.69, 9.17) is 0 Å². The van der Waals surface area contributed by atoms with Crippen LogP contribution in [0.1, 0.15) is 37.8 Å². The number of hydrogen-bond acceptors (Lipinski definition) is 7. The first kappa shape index (κ1) is 23.9. The predicted molar refractivity (Wildman–Crippen MR) is 134 cm³/mol. The van der Waals surface area contributed by atoms with E-state index in [0.29, 0.717) is 27.7 Å². The van der Waals surface area contributed by atoms with Crippen LogP contribution < -0.4 is 21.1 Å². The van der Waals surface area contributed by atoms with Crippen LogP contribution in [0.15, 0.2) is 29.3 Å². The standard InChI is InChI=1S/C24H30N6O3S/c1-14(2)26-22(32)17-6-5-9-29(11-17)24-28-21-20(34-24)23(33)30(13-25-21)12-19(31)27-18-8-7-15(3)16(4)10-18/h7-8,10,13-14,17H,5-6,9,11-12H2,1-4H3,(H,26,32)(H,27,31). The third-order valence-electron chi connectivity index (χ3n) is 5.97. The summed E-state index contributed by atoms with van der Waals surface area (Å²) in [6.45, 7) is 9.09. The number of amides is 2. The fraction of sp³-hybridized carbons (Fsp3) is 0.458. The lowest BCUT2D eigenvalue weighted by molar-refractivity contribution is -0.125. The van der Waals surface area contributed by atoms with E-state index in [1.807, 2.05) is 45.9 Å². The first-order valence-corrected chi connectivity index (χ1v) is 12.3. The molecule has 0 bridgehead atoms. The number of piperidine rings is 1. The molecular weight excluding hydrogens is 452 g/mol. The second-order valence-corrected chi connectivity index (χ2v) is 10.1. The SMILES string of the molecule is Cc1ccc(NC(=O)Cn2cnc3nc(N4CCCC(C(=O)NC(C)C)C4)sc3c2=O)cc1C. The van der Waals surface area contributed by atoms with Gasteiger partial charge in [-0.25, -0.2) is 4.98 Å².